The van der Waals surface area contributed by atoms with Crippen molar-refractivity contribution >= 4 is 46.6 Å². The van der Waals surface area contributed by atoms with Crippen LogP contribution >= 0.6 is 34.8 Å². The molecule has 0 fully saturated rings. The number of halogens is 3. The maximum Gasteiger partial charge on any atom is 0.253 e. The van der Waals surface area contributed by atoms with E-state index in [1.165, 1.54) is 6.08 Å². The van der Waals surface area contributed by atoms with E-state index in [9.17, 15) is 9.59 Å². The average Bonchev–Trinajstić information content (AvgIpc) is 2.45. The third kappa shape index (κ3) is 6.38. The fourth-order valence-corrected chi connectivity index (χ4v) is 1.80. The zero-order chi connectivity index (χ0) is 15.8. The molecule has 0 saturated heterocycles. The molecule has 1 atom stereocenters. The second kappa shape index (κ2) is 8.93. The Morgan fingerprint density at radius 2 is 1.81 bits per heavy atom. The van der Waals surface area contributed by atoms with Gasteiger partial charge in [0.05, 0.1) is 0 Å². The summed E-state index contributed by atoms with van der Waals surface area (Å²) >= 11 is 16.7. The highest BCUT2D eigenvalue weighted by molar-refractivity contribution is 6.53. The zero-order valence-electron chi connectivity index (χ0n) is 11.1. The van der Waals surface area contributed by atoms with Crippen molar-refractivity contribution in [1.29, 1.82) is 0 Å². The molecule has 0 aliphatic carbocycles. The Labute approximate surface area is 138 Å². The smallest absolute Gasteiger partial charge is 0.253 e. The van der Waals surface area contributed by atoms with Crippen molar-refractivity contribution in [3.8, 4) is 0 Å². The summed E-state index contributed by atoms with van der Waals surface area (Å²) in [4.78, 5) is 22.3. The van der Waals surface area contributed by atoms with Crippen LogP contribution in [0.5, 0.6) is 0 Å². The minimum absolute atomic E-state index is 0.276. The Bertz CT molecular complexity index is 503. The van der Waals surface area contributed by atoms with Crippen LogP contribution in [0.2, 0.25) is 5.02 Å². The van der Waals surface area contributed by atoms with Crippen LogP contribution in [-0.2, 0) is 16.1 Å². The highest BCUT2D eigenvalue weighted by Gasteiger charge is 2.22. The summed E-state index contributed by atoms with van der Waals surface area (Å²) in [7, 11) is 0. The molecule has 0 aromatic heterocycles. The first kappa shape index (κ1) is 17.8. The SMILES string of the molecule is C=CC[C@H](NC(=O)C(Cl)Cl)C(=O)NCc1ccc(Cl)cc1. The first-order valence-electron chi connectivity index (χ1n) is 6.15. The van der Waals surface area contributed by atoms with Crippen LogP contribution in [0.25, 0.3) is 0 Å². The maximum atomic E-state index is 12.0. The Balaban J connectivity index is 2.58. The largest absolute Gasteiger partial charge is 0.350 e. The molecule has 0 spiro atoms. The summed E-state index contributed by atoms with van der Waals surface area (Å²) in [5.74, 6) is -0.959. The monoisotopic (exact) mass is 348 g/mol. The van der Waals surface area contributed by atoms with Gasteiger partial charge in [0, 0.05) is 11.6 Å². The van der Waals surface area contributed by atoms with Gasteiger partial charge in [-0.2, -0.15) is 0 Å². The molecule has 1 rings (SSSR count). The van der Waals surface area contributed by atoms with Crippen LogP contribution in [0.15, 0.2) is 36.9 Å². The molecular weight excluding hydrogens is 335 g/mol. The molecule has 0 bridgehead atoms. The number of rotatable bonds is 7. The van der Waals surface area contributed by atoms with Crippen molar-refractivity contribution < 1.29 is 9.59 Å². The number of carbonyl (C=O) groups is 2. The molecule has 0 unspecified atom stereocenters. The minimum atomic E-state index is -1.22. The summed E-state index contributed by atoms with van der Waals surface area (Å²) in [6, 6.07) is 6.31. The Kier molecular flexibility index (Phi) is 7.57. The van der Waals surface area contributed by atoms with Gasteiger partial charge >= 0.3 is 0 Å². The fourth-order valence-electron chi connectivity index (χ4n) is 1.55. The molecular formula is C14H15Cl3N2O2. The van der Waals surface area contributed by atoms with Gasteiger partial charge in [-0.15, -0.1) is 6.58 Å². The van der Waals surface area contributed by atoms with Gasteiger partial charge in [0.15, 0.2) is 4.84 Å². The molecule has 1 aromatic carbocycles. The van der Waals surface area contributed by atoms with Crippen LogP contribution in [0, 0.1) is 0 Å². The van der Waals surface area contributed by atoms with Gasteiger partial charge < -0.3 is 10.6 Å². The standard InChI is InChI=1S/C14H15Cl3N2O2/c1-2-3-11(19-14(21)12(16)17)13(20)18-8-9-4-6-10(15)7-5-9/h2,4-7,11-12H,1,3,8H2,(H,18,20)(H,19,21)/t11-/m0/s1. The molecule has 2 N–H and O–H groups in total. The number of amides is 2. The van der Waals surface area contributed by atoms with Crippen molar-refractivity contribution in [1.82, 2.24) is 10.6 Å². The van der Waals surface area contributed by atoms with E-state index in [4.69, 9.17) is 34.8 Å². The van der Waals surface area contributed by atoms with E-state index in [-0.39, 0.29) is 12.3 Å². The molecule has 7 heteroatoms. The highest BCUT2D eigenvalue weighted by atomic mass is 35.5. The Morgan fingerprint density at radius 3 is 2.33 bits per heavy atom. The van der Waals surface area contributed by atoms with Gasteiger partial charge in [0.1, 0.15) is 6.04 Å². The van der Waals surface area contributed by atoms with Crippen molar-refractivity contribution in [3.63, 3.8) is 0 Å². The van der Waals surface area contributed by atoms with Crippen LogP contribution in [-0.4, -0.2) is 22.7 Å². The van der Waals surface area contributed by atoms with Gasteiger partial charge in [-0.05, 0) is 24.1 Å². The minimum Gasteiger partial charge on any atom is -0.350 e. The average molecular weight is 350 g/mol. The molecule has 0 aliphatic rings. The lowest BCUT2D eigenvalue weighted by Crippen LogP contribution is -2.47. The predicted octanol–water partition coefficient (Wildman–Crippen LogP) is 2.82. The van der Waals surface area contributed by atoms with Gasteiger partial charge in [-0.3, -0.25) is 9.59 Å². The number of carbonyl (C=O) groups excluding carboxylic acids is 2. The number of nitrogens with one attached hydrogen (secondary N) is 2. The molecule has 4 nitrogen and oxygen atoms in total. The lowest BCUT2D eigenvalue weighted by molar-refractivity contribution is -0.128. The lowest BCUT2D eigenvalue weighted by atomic mass is 10.1. The fraction of sp³-hybridized carbons (Fsp3) is 0.286. The Morgan fingerprint density at radius 1 is 1.19 bits per heavy atom. The third-order valence-corrected chi connectivity index (χ3v) is 3.26. The van der Waals surface area contributed by atoms with Crippen molar-refractivity contribution in [2.75, 3.05) is 0 Å². The van der Waals surface area contributed by atoms with Gasteiger partial charge in [-0.25, -0.2) is 0 Å². The zero-order valence-corrected chi connectivity index (χ0v) is 13.4. The summed E-state index contributed by atoms with van der Waals surface area (Å²) < 4.78 is 0. The maximum absolute atomic E-state index is 12.0. The van der Waals surface area contributed by atoms with Crippen LogP contribution in [0.4, 0.5) is 0 Å². The highest BCUT2D eigenvalue weighted by Crippen LogP contribution is 2.09. The van der Waals surface area contributed by atoms with E-state index >= 15 is 0 Å². The quantitative estimate of drug-likeness (QED) is 0.587. The number of benzene rings is 1. The van der Waals surface area contributed by atoms with Crippen molar-refractivity contribution in [2.45, 2.75) is 23.8 Å². The van der Waals surface area contributed by atoms with Gasteiger partial charge in [-0.1, -0.05) is 53.0 Å². The van der Waals surface area contributed by atoms with E-state index in [1.807, 2.05) is 0 Å². The number of alkyl halides is 2. The summed E-state index contributed by atoms with van der Waals surface area (Å²) in [5, 5.41) is 5.79. The normalized spacial score (nSPS) is 11.8. The van der Waals surface area contributed by atoms with Crippen LogP contribution in [0.3, 0.4) is 0 Å². The number of hydrogen-bond acceptors (Lipinski definition) is 2. The summed E-state index contributed by atoms with van der Waals surface area (Å²) in [6.07, 6.45) is 1.81. The van der Waals surface area contributed by atoms with E-state index in [2.05, 4.69) is 17.2 Å². The second-order valence-corrected chi connectivity index (χ2v) is 5.76. The molecule has 1 aromatic rings. The Hall–Kier alpha value is -1.23. The van der Waals surface area contributed by atoms with E-state index < -0.39 is 16.8 Å². The molecule has 21 heavy (non-hydrogen) atoms. The molecule has 0 radical (unpaired) electrons. The van der Waals surface area contributed by atoms with Crippen molar-refractivity contribution in [3.05, 3.63) is 47.5 Å². The summed E-state index contributed by atoms with van der Waals surface area (Å²) in [6.45, 7) is 3.88. The molecule has 2 amide bonds. The molecule has 0 saturated carbocycles. The molecule has 114 valence electrons. The summed E-state index contributed by atoms with van der Waals surface area (Å²) in [5.41, 5.74) is 0.893. The molecule has 0 aliphatic heterocycles. The topological polar surface area (TPSA) is 58.2 Å². The molecule has 0 heterocycles. The van der Waals surface area contributed by atoms with Gasteiger partial charge in [0.25, 0.3) is 5.91 Å². The van der Waals surface area contributed by atoms with E-state index in [0.717, 1.165) is 5.56 Å². The predicted molar refractivity (Wildman–Crippen MR) is 85.5 cm³/mol. The van der Waals surface area contributed by atoms with Crippen LogP contribution in [0.1, 0.15) is 12.0 Å². The van der Waals surface area contributed by atoms with Crippen molar-refractivity contribution in [2.24, 2.45) is 0 Å². The first-order chi connectivity index (χ1) is 9.93. The second-order valence-electron chi connectivity index (χ2n) is 4.23. The first-order valence-corrected chi connectivity index (χ1v) is 7.40. The van der Waals surface area contributed by atoms with Crippen LogP contribution < -0.4 is 10.6 Å². The lowest BCUT2D eigenvalue weighted by Gasteiger charge is -2.17. The van der Waals surface area contributed by atoms with E-state index in [0.29, 0.717) is 11.6 Å². The van der Waals surface area contributed by atoms with E-state index in [1.54, 1.807) is 24.3 Å². The number of hydrogen-bond donors (Lipinski definition) is 2. The third-order valence-electron chi connectivity index (χ3n) is 2.61. The van der Waals surface area contributed by atoms with Gasteiger partial charge in [0.2, 0.25) is 5.91 Å².